The van der Waals surface area contributed by atoms with Gasteiger partial charge in [0.25, 0.3) is 0 Å². The number of aromatic nitrogens is 3. The molecule has 2 aromatic heterocycles. The van der Waals surface area contributed by atoms with Crippen molar-refractivity contribution in [1.29, 1.82) is 10.7 Å². The van der Waals surface area contributed by atoms with E-state index in [0.717, 1.165) is 12.8 Å². The largest absolute Gasteiger partial charge is 0.389 e. The molecule has 0 amide bonds. The van der Waals surface area contributed by atoms with E-state index in [1.54, 1.807) is 6.20 Å². The van der Waals surface area contributed by atoms with Gasteiger partial charge in [-0.25, -0.2) is 0 Å². The van der Waals surface area contributed by atoms with Crippen molar-refractivity contribution >= 4 is 29.0 Å². The number of rotatable bonds is 5. The minimum absolute atomic E-state index is 0.211. The lowest BCUT2D eigenvalue weighted by Crippen LogP contribution is -2.11. The Hall–Kier alpha value is -3.08. The fourth-order valence-corrected chi connectivity index (χ4v) is 1.66. The lowest BCUT2D eigenvalue weighted by molar-refractivity contribution is 0.913. The van der Waals surface area contributed by atoms with Crippen molar-refractivity contribution in [3.05, 3.63) is 23.7 Å². The van der Waals surface area contributed by atoms with Crippen molar-refractivity contribution in [3.63, 3.8) is 0 Å². The van der Waals surface area contributed by atoms with Crippen LogP contribution in [0.2, 0.25) is 0 Å². The quantitative estimate of drug-likeness (QED) is 0.512. The van der Waals surface area contributed by atoms with Crippen LogP contribution in [0.15, 0.2) is 18.1 Å². The van der Waals surface area contributed by atoms with E-state index in [1.807, 2.05) is 13.0 Å². The number of nitrogens with two attached hydrogens (primary N) is 1. The van der Waals surface area contributed by atoms with E-state index < -0.39 is 0 Å². The summed E-state index contributed by atoms with van der Waals surface area (Å²) in [5, 5.41) is 22.6. The molecule has 0 aromatic carbocycles. The Kier molecular flexibility index (Phi) is 3.81. The van der Waals surface area contributed by atoms with E-state index in [0.29, 0.717) is 22.3 Å². The lowest BCUT2D eigenvalue weighted by atomic mass is 10.2. The van der Waals surface area contributed by atoms with Crippen molar-refractivity contribution in [2.75, 3.05) is 17.6 Å². The minimum Gasteiger partial charge on any atom is -0.389 e. The summed E-state index contributed by atoms with van der Waals surface area (Å²) in [6, 6.07) is 2.02. The molecule has 2 aromatic rings. The average molecular weight is 270 g/mol. The number of nitrogen functional groups attached to an aromatic ring is 1. The van der Waals surface area contributed by atoms with Crippen molar-refractivity contribution in [2.45, 2.75) is 6.92 Å². The van der Waals surface area contributed by atoms with Crippen LogP contribution in [0, 0.1) is 16.7 Å². The maximum absolute atomic E-state index is 8.95. The predicted molar refractivity (Wildman–Crippen MR) is 77.2 cm³/mol. The second-order valence-electron chi connectivity index (χ2n) is 3.90. The molecule has 6 N–H and O–H groups in total. The SMILES string of the molecule is CCN/C=C(\C=N)Nc1nc(N)c2c(C#N)c[nH]c2n1. The van der Waals surface area contributed by atoms with Crippen LogP contribution in [0.4, 0.5) is 11.8 Å². The van der Waals surface area contributed by atoms with Crippen LogP contribution in [0.25, 0.3) is 11.0 Å². The zero-order valence-corrected chi connectivity index (χ0v) is 10.9. The number of nitrogens with one attached hydrogen (secondary N) is 4. The number of hydrogen-bond acceptors (Lipinski definition) is 7. The summed E-state index contributed by atoms with van der Waals surface area (Å²) in [5.41, 5.74) is 7.22. The number of nitrogens with zero attached hydrogens (tertiary/aromatic N) is 3. The molecule has 20 heavy (non-hydrogen) atoms. The fraction of sp³-hybridized carbons (Fsp3) is 0.167. The normalized spacial score (nSPS) is 11.1. The Morgan fingerprint density at radius 2 is 2.40 bits per heavy atom. The molecule has 2 rings (SSSR count). The van der Waals surface area contributed by atoms with Crippen molar-refractivity contribution in [3.8, 4) is 6.07 Å². The molecule has 8 heteroatoms. The zero-order chi connectivity index (χ0) is 14.5. The Morgan fingerprint density at radius 1 is 1.60 bits per heavy atom. The van der Waals surface area contributed by atoms with Gasteiger partial charge in [-0.1, -0.05) is 0 Å². The van der Waals surface area contributed by atoms with Crippen LogP contribution in [0.1, 0.15) is 12.5 Å². The maximum Gasteiger partial charge on any atom is 0.231 e. The van der Waals surface area contributed by atoms with E-state index in [2.05, 4.69) is 25.6 Å². The number of fused-ring (bicyclic) bond motifs is 1. The Balaban J connectivity index is 2.37. The first-order valence-electron chi connectivity index (χ1n) is 5.95. The van der Waals surface area contributed by atoms with Gasteiger partial charge in [0, 0.05) is 25.2 Å². The standard InChI is InChI=1S/C12H14N8/c1-2-16-6-8(4-14)18-12-19-10(15)9-7(3-13)5-17-11(9)20-12/h4-6,14,16H,2H2,1H3,(H4,15,17,18,19,20)/b8-6+,14-4?. The van der Waals surface area contributed by atoms with Crippen LogP contribution >= 0.6 is 0 Å². The highest BCUT2D eigenvalue weighted by molar-refractivity contribution is 5.92. The van der Waals surface area contributed by atoms with Crippen LogP contribution in [-0.4, -0.2) is 27.7 Å². The first-order valence-corrected chi connectivity index (χ1v) is 5.95. The molecule has 0 spiro atoms. The molecule has 0 saturated heterocycles. The summed E-state index contributed by atoms with van der Waals surface area (Å²) in [4.78, 5) is 11.2. The number of anilines is 2. The van der Waals surface area contributed by atoms with Gasteiger partial charge in [-0.2, -0.15) is 15.2 Å². The van der Waals surface area contributed by atoms with Crippen LogP contribution in [-0.2, 0) is 0 Å². The maximum atomic E-state index is 8.95. The third-order valence-corrected chi connectivity index (χ3v) is 2.55. The highest BCUT2D eigenvalue weighted by atomic mass is 15.1. The molecule has 0 aliphatic carbocycles. The minimum atomic E-state index is 0.211. The van der Waals surface area contributed by atoms with E-state index >= 15 is 0 Å². The summed E-state index contributed by atoms with van der Waals surface area (Å²) < 4.78 is 0. The first kappa shape index (κ1) is 13.4. The van der Waals surface area contributed by atoms with Gasteiger partial charge in [-0.15, -0.1) is 0 Å². The second-order valence-corrected chi connectivity index (χ2v) is 3.90. The number of hydrogen-bond donors (Lipinski definition) is 5. The monoisotopic (exact) mass is 270 g/mol. The average Bonchev–Trinajstić information content (AvgIpc) is 2.86. The zero-order valence-electron chi connectivity index (χ0n) is 10.9. The molecule has 0 bridgehead atoms. The fourth-order valence-electron chi connectivity index (χ4n) is 1.66. The highest BCUT2D eigenvalue weighted by Crippen LogP contribution is 2.22. The number of aromatic amines is 1. The third-order valence-electron chi connectivity index (χ3n) is 2.55. The number of nitriles is 1. The molecule has 0 saturated carbocycles. The predicted octanol–water partition coefficient (Wildman–Crippen LogP) is 0.924. The lowest BCUT2D eigenvalue weighted by Gasteiger charge is -2.06. The van der Waals surface area contributed by atoms with Crippen molar-refractivity contribution in [2.24, 2.45) is 0 Å². The number of H-pyrrole nitrogens is 1. The molecule has 0 aliphatic heterocycles. The van der Waals surface area contributed by atoms with Gasteiger partial charge in [0.1, 0.15) is 17.5 Å². The van der Waals surface area contributed by atoms with Gasteiger partial charge in [-0.3, -0.25) is 0 Å². The van der Waals surface area contributed by atoms with Crippen molar-refractivity contribution in [1.82, 2.24) is 20.3 Å². The first-order chi connectivity index (χ1) is 9.69. The van der Waals surface area contributed by atoms with E-state index in [1.165, 1.54) is 6.20 Å². The molecule has 8 nitrogen and oxygen atoms in total. The highest BCUT2D eigenvalue weighted by Gasteiger charge is 2.11. The third kappa shape index (κ3) is 2.51. The second kappa shape index (κ2) is 5.71. The van der Waals surface area contributed by atoms with E-state index in [-0.39, 0.29) is 11.8 Å². The van der Waals surface area contributed by atoms with Crippen molar-refractivity contribution < 1.29 is 0 Å². The molecule has 0 unspecified atom stereocenters. The molecule has 0 atom stereocenters. The molecule has 0 aliphatic rings. The topological polar surface area (TPSA) is 139 Å². The molecule has 2 heterocycles. The van der Waals surface area contributed by atoms with Crippen LogP contribution in [0.5, 0.6) is 0 Å². The summed E-state index contributed by atoms with van der Waals surface area (Å²) in [7, 11) is 0. The summed E-state index contributed by atoms with van der Waals surface area (Å²) in [6.07, 6.45) is 4.32. The van der Waals surface area contributed by atoms with E-state index in [9.17, 15) is 0 Å². The van der Waals surface area contributed by atoms with Crippen LogP contribution < -0.4 is 16.4 Å². The smallest absolute Gasteiger partial charge is 0.231 e. The van der Waals surface area contributed by atoms with Gasteiger partial charge in [0.05, 0.1) is 16.6 Å². The van der Waals surface area contributed by atoms with Gasteiger partial charge >= 0.3 is 0 Å². The van der Waals surface area contributed by atoms with Gasteiger partial charge < -0.3 is 26.8 Å². The molecular formula is C12H14N8. The van der Waals surface area contributed by atoms with Gasteiger partial charge in [-0.05, 0) is 6.92 Å². The number of allylic oxidation sites excluding steroid dienone is 1. The molecule has 102 valence electrons. The Labute approximate surface area is 115 Å². The van der Waals surface area contributed by atoms with Gasteiger partial charge in [0.15, 0.2) is 0 Å². The Bertz CT molecular complexity index is 706. The van der Waals surface area contributed by atoms with Gasteiger partial charge in [0.2, 0.25) is 5.95 Å². The summed E-state index contributed by atoms with van der Waals surface area (Å²) in [6.45, 7) is 2.68. The van der Waals surface area contributed by atoms with E-state index in [4.69, 9.17) is 16.4 Å². The molecule has 0 radical (unpaired) electrons. The summed E-state index contributed by atoms with van der Waals surface area (Å²) in [5.74, 6) is 0.470. The van der Waals surface area contributed by atoms with Crippen LogP contribution in [0.3, 0.4) is 0 Å². The molecular weight excluding hydrogens is 256 g/mol. The molecule has 0 fully saturated rings. The Morgan fingerprint density at radius 3 is 3.05 bits per heavy atom. The summed E-state index contributed by atoms with van der Waals surface area (Å²) >= 11 is 0.